The predicted molar refractivity (Wildman–Crippen MR) is 453 cm³/mol. The van der Waals surface area contributed by atoms with Gasteiger partial charge < -0.3 is 41.8 Å². The Morgan fingerprint density at radius 2 is 0.632 bits per heavy atom. The second-order valence-corrected chi connectivity index (χ2v) is 35.1. The number of ketones is 3. The van der Waals surface area contributed by atoms with Crippen molar-refractivity contribution in [2.24, 2.45) is 76.5 Å². The summed E-state index contributed by atoms with van der Waals surface area (Å²) in [7, 11) is 0. The van der Waals surface area contributed by atoms with Crippen LogP contribution in [0.4, 0.5) is 5.69 Å². The van der Waals surface area contributed by atoms with Gasteiger partial charge in [-0.15, -0.1) is 12.4 Å². The lowest BCUT2D eigenvalue weighted by Crippen LogP contribution is -2.26. The average molecular weight is 1700 g/mol. The van der Waals surface area contributed by atoms with Crippen molar-refractivity contribution < 1.29 is 14.4 Å². The van der Waals surface area contributed by atoms with Crippen molar-refractivity contribution >= 4 is 229 Å². The number of halogens is 13. The Morgan fingerprint density at radius 1 is 0.340 bits per heavy atom. The molecule has 0 aliphatic heterocycles. The number of Topliss-reactive ketones (excluding diaryl/α,β-unsaturated/α-hetero) is 3. The average Bonchev–Trinajstić information content (AvgIpc) is 1.63. The summed E-state index contributed by atoms with van der Waals surface area (Å²) in [5, 5.41) is 11.7. The number of aromatic nitrogens is 5. The number of anilines is 1. The molecule has 25 heteroatoms. The van der Waals surface area contributed by atoms with Crippen LogP contribution in [0.15, 0.2) is 78.9 Å². The van der Waals surface area contributed by atoms with E-state index >= 15 is 0 Å². The Labute approximate surface area is 685 Å². The zero-order valence-corrected chi connectivity index (χ0v) is 70.3. The number of carbonyl (C=O) groups excluding carboxylic acids is 3. The number of nitrogens with two attached hydrogens (primary N) is 3. The van der Waals surface area contributed by atoms with E-state index in [2.05, 4.69) is 99.6 Å². The van der Waals surface area contributed by atoms with Crippen LogP contribution >= 0.6 is 152 Å². The Kier molecular flexibility index (Phi) is 27.7. The number of benzene rings is 6. The molecule has 106 heavy (non-hydrogen) atoms. The Morgan fingerprint density at radius 3 is 0.981 bits per heavy atom. The molecule has 5 aliphatic rings. The molecule has 0 spiro atoms. The molecule has 0 bridgehead atoms. The highest BCUT2D eigenvalue weighted by Gasteiger charge is 2.36. The van der Waals surface area contributed by atoms with Gasteiger partial charge in [0.15, 0.2) is 17.3 Å². The van der Waals surface area contributed by atoms with Crippen LogP contribution in [0.25, 0.3) is 54.5 Å². The van der Waals surface area contributed by atoms with Gasteiger partial charge in [0.05, 0.1) is 83.0 Å². The van der Waals surface area contributed by atoms with E-state index in [0.717, 1.165) is 150 Å². The maximum Gasteiger partial charge on any atom is 0.179 e. The highest BCUT2D eigenvalue weighted by Crippen LogP contribution is 2.47. The largest absolute Gasteiger partial charge is 0.357 e. The number of hydrazine groups is 1. The van der Waals surface area contributed by atoms with Crippen LogP contribution in [0.1, 0.15) is 184 Å². The van der Waals surface area contributed by atoms with Gasteiger partial charge in [-0.3, -0.25) is 20.2 Å². The fourth-order valence-electron chi connectivity index (χ4n) is 15.4. The Balaban J connectivity index is 0.000000137. The fraction of sp³-hybridized carbons (Fsp3) is 0.395. The van der Waals surface area contributed by atoms with Gasteiger partial charge in [-0.2, -0.15) is 0 Å². The molecule has 0 saturated heterocycles. The first kappa shape index (κ1) is 83.9. The van der Waals surface area contributed by atoms with E-state index in [4.69, 9.17) is 157 Å². The molecule has 0 fully saturated rings. The normalized spacial score (nSPS) is 19.5. The van der Waals surface area contributed by atoms with Gasteiger partial charge in [0, 0.05) is 97.2 Å². The molecule has 11 aromatic rings. The van der Waals surface area contributed by atoms with E-state index in [1.807, 2.05) is 42.5 Å². The minimum absolute atomic E-state index is 0. The standard InChI is InChI=1S/2C15H18Cl2N2.3C15H15Cl2NO.C6H6Cl2N2.ClH/c2*1-7(2)8-5-9-13-12(4-3-10(16)14(13)17)19-15(9)11(18)6-8;1-7(2)8-3-10-9-5-11(16)12(17)6-13(9)18-15(10)14(19)4-8;2*1-7(2)8-5-9-13-11(4-3-10(16)14(13)17)18-15(9)12(19)6-8;7-5-2-1-4(10-9)3-6(5)8;/h2*3-4,7-8,11,19H,5-6,18H2,1-2H3;5-8,18H,3-4H2,1-2H3;2*3-4,7-8,18H,5-6H2,1-2H3;1-3,10H,9H2;1H. The van der Waals surface area contributed by atoms with Crippen molar-refractivity contribution in [2.75, 3.05) is 5.43 Å². The topological polar surface area (TPSA) is 220 Å². The molecule has 6 aromatic carbocycles. The number of carbonyl (C=O) groups is 3. The molecule has 0 radical (unpaired) electrons. The van der Waals surface area contributed by atoms with E-state index in [1.165, 1.54) is 11.1 Å². The summed E-state index contributed by atoms with van der Waals surface area (Å²) >= 11 is 73.3. The van der Waals surface area contributed by atoms with Gasteiger partial charge in [0.2, 0.25) is 0 Å². The number of H-pyrrole nitrogens is 5. The van der Waals surface area contributed by atoms with E-state index in [9.17, 15) is 14.4 Å². The van der Waals surface area contributed by atoms with Crippen LogP contribution in [0.2, 0.25) is 60.3 Å². The molecule has 7 atom stereocenters. The fourth-order valence-corrected chi connectivity index (χ4v) is 17.8. The minimum atomic E-state index is 0. The zero-order chi connectivity index (χ0) is 76.2. The number of nitrogens with one attached hydrogen (secondary N) is 6. The van der Waals surface area contributed by atoms with Crippen LogP contribution in [0.3, 0.4) is 0 Å². The molecule has 7 unspecified atom stereocenters. The third kappa shape index (κ3) is 17.5. The lowest BCUT2D eigenvalue weighted by Gasteiger charge is -2.30. The van der Waals surface area contributed by atoms with E-state index in [0.29, 0.717) is 139 Å². The zero-order valence-electron chi connectivity index (χ0n) is 60.4. The molecule has 0 saturated carbocycles. The maximum absolute atomic E-state index is 12.3. The smallest absolute Gasteiger partial charge is 0.179 e. The molecule has 5 aliphatic carbocycles. The van der Waals surface area contributed by atoms with E-state index in [1.54, 1.807) is 36.4 Å². The summed E-state index contributed by atoms with van der Waals surface area (Å²) in [5.41, 5.74) is 30.8. The van der Waals surface area contributed by atoms with Crippen LogP contribution in [0, 0.1) is 59.2 Å². The molecule has 5 aromatic heterocycles. The van der Waals surface area contributed by atoms with Gasteiger partial charge in [0.1, 0.15) is 0 Å². The number of hydrogen-bond donors (Lipinski definition) is 9. The third-order valence-electron chi connectivity index (χ3n) is 22.0. The Bertz CT molecular complexity index is 4890. The number of hydrogen-bond acceptors (Lipinski definition) is 7. The molecule has 12 N–H and O–H groups in total. The summed E-state index contributed by atoms with van der Waals surface area (Å²) in [5.74, 6) is 10.8. The number of nitrogen functional groups attached to an aromatic ring is 1. The second kappa shape index (κ2) is 35.0. The molecule has 12 nitrogen and oxygen atoms in total. The van der Waals surface area contributed by atoms with Crippen molar-refractivity contribution in [3.8, 4) is 0 Å². The summed E-state index contributed by atoms with van der Waals surface area (Å²) in [6.07, 6.45) is 8.67. The van der Waals surface area contributed by atoms with Gasteiger partial charge in [-0.25, -0.2) is 0 Å². The van der Waals surface area contributed by atoms with E-state index < -0.39 is 0 Å². The summed E-state index contributed by atoms with van der Waals surface area (Å²) in [6, 6.07) is 23.8. The van der Waals surface area contributed by atoms with Crippen molar-refractivity contribution in [2.45, 2.75) is 146 Å². The van der Waals surface area contributed by atoms with Crippen LogP contribution in [0.5, 0.6) is 0 Å². The summed E-state index contributed by atoms with van der Waals surface area (Å²) in [4.78, 5) is 53.2. The van der Waals surface area contributed by atoms with Crippen LogP contribution in [-0.4, -0.2) is 42.3 Å². The Hall–Kier alpha value is -4.52. The highest BCUT2D eigenvalue weighted by atomic mass is 35.5. The first-order valence-electron chi connectivity index (χ1n) is 35.6. The van der Waals surface area contributed by atoms with Gasteiger partial charge >= 0.3 is 0 Å². The monoisotopic (exact) mass is 1690 g/mol. The van der Waals surface area contributed by atoms with Crippen LogP contribution < -0.4 is 22.7 Å². The van der Waals surface area contributed by atoms with Gasteiger partial charge in [-0.1, -0.05) is 208 Å². The maximum atomic E-state index is 12.3. The summed E-state index contributed by atoms with van der Waals surface area (Å²) in [6.45, 7) is 22.0. The van der Waals surface area contributed by atoms with Gasteiger partial charge in [-0.05, 0) is 211 Å². The minimum Gasteiger partial charge on any atom is -0.357 e. The van der Waals surface area contributed by atoms with Crippen molar-refractivity contribution in [3.05, 3.63) is 195 Å². The number of aromatic amines is 5. The number of fused-ring (bicyclic) bond motifs is 15. The SMILES string of the molecule is CC(C)C1CC(=O)c2[nH]c3cc(Cl)c(Cl)cc3c2C1.CC(C)C1CC(=O)c2[nH]c3ccc(Cl)c(Cl)c3c2C1.CC(C)C1CC(=O)c2[nH]c3ccc(Cl)c(Cl)c3c2C1.CC(C)C1Cc2c([nH]c3ccc(Cl)c(Cl)c23)C(N)C1.CC(C)C1Cc2c([nH]c3ccc(Cl)c(Cl)c23)C(N)C1.Cl.NNc1ccc(Cl)c(Cl)c1. The first-order valence-corrected chi connectivity index (χ1v) is 40.2. The lowest BCUT2D eigenvalue weighted by molar-refractivity contribution is 0.0921. The molecule has 566 valence electrons. The van der Waals surface area contributed by atoms with Gasteiger partial charge in [0.25, 0.3) is 0 Å². The highest BCUT2D eigenvalue weighted by molar-refractivity contribution is 6.48. The third-order valence-corrected chi connectivity index (χ3v) is 26.7. The number of rotatable bonds is 6. The molecular weight excluding hydrogens is 1610 g/mol. The predicted octanol–water partition coefficient (Wildman–Crippen LogP) is 26.7. The molecule has 16 rings (SSSR count). The quantitative estimate of drug-likeness (QED) is 0.0578. The first-order chi connectivity index (χ1) is 49.6. The lowest BCUT2D eigenvalue weighted by atomic mass is 9.78. The second-order valence-electron chi connectivity index (χ2n) is 30.3. The van der Waals surface area contributed by atoms with Crippen LogP contribution in [-0.2, 0) is 32.1 Å². The molecular formula is C81H88Cl13N9O3. The molecule has 5 heterocycles. The summed E-state index contributed by atoms with van der Waals surface area (Å²) < 4.78 is 0. The van der Waals surface area contributed by atoms with Crippen molar-refractivity contribution in [1.29, 1.82) is 0 Å². The van der Waals surface area contributed by atoms with E-state index in [-0.39, 0.29) is 41.8 Å². The van der Waals surface area contributed by atoms with Crippen molar-refractivity contribution in [3.63, 3.8) is 0 Å². The molecule has 0 amide bonds. The van der Waals surface area contributed by atoms with Crippen molar-refractivity contribution in [1.82, 2.24) is 24.9 Å².